The van der Waals surface area contributed by atoms with Crippen LogP contribution in [-0.4, -0.2) is 63.2 Å². The first kappa shape index (κ1) is 17.3. The lowest BCUT2D eigenvalue weighted by atomic mass is 10.1. The summed E-state index contributed by atoms with van der Waals surface area (Å²) in [6, 6.07) is 4.96. The number of benzene rings is 1. The molecule has 0 saturated heterocycles. The van der Waals surface area contributed by atoms with Crippen molar-refractivity contribution in [2.24, 2.45) is 0 Å². The van der Waals surface area contributed by atoms with Gasteiger partial charge in [-0.15, -0.1) is 0 Å². The van der Waals surface area contributed by atoms with Gasteiger partial charge < -0.3 is 26.0 Å². The molecule has 0 atom stereocenters. The SMILES string of the molecule is COCCN(CCCN(C)C)C(=O)c1cc(N)cc(N)c1. The minimum atomic E-state index is -0.0650. The van der Waals surface area contributed by atoms with Crippen molar-refractivity contribution in [3.8, 4) is 0 Å². The summed E-state index contributed by atoms with van der Waals surface area (Å²) in [4.78, 5) is 16.5. The first-order chi connectivity index (χ1) is 9.93. The van der Waals surface area contributed by atoms with Crippen LogP contribution in [-0.2, 0) is 4.74 Å². The molecular weight excluding hydrogens is 268 g/mol. The zero-order valence-corrected chi connectivity index (χ0v) is 13.1. The lowest BCUT2D eigenvalue weighted by Crippen LogP contribution is -2.36. The molecule has 6 nitrogen and oxygen atoms in total. The molecule has 0 fully saturated rings. The van der Waals surface area contributed by atoms with E-state index in [1.54, 1.807) is 30.2 Å². The summed E-state index contributed by atoms with van der Waals surface area (Å²) in [7, 11) is 5.65. The second-order valence-electron chi connectivity index (χ2n) is 5.33. The third kappa shape index (κ3) is 6.01. The summed E-state index contributed by atoms with van der Waals surface area (Å²) < 4.78 is 5.08. The van der Waals surface area contributed by atoms with Gasteiger partial charge in [-0.25, -0.2) is 0 Å². The van der Waals surface area contributed by atoms with Crippen molar-refractivity contribution < 1.29 is 9.53 Å². The molecule has 1 aromatic carbocycles. The molecular formula is C15H26N4O2. The third-order valence-electron chi connectivity index (χ3n) is 3.11. The average molecular weight is 294 g/mol. The van der Waals surface area contributed by atoms with Crippen LogP contribution >= 0.6 is 0 Å². The summed E-state index contributed by atoms with van der Waals surface area (Å²) in [5.74, 6) is -0.0650. The van der Waals surface area contributed by atoms with Crippen molar-refractivity contribution in [1.82, 2.24) is 9.80 Å². The van der Waals surface area contributed by atoms with Gasteiger partial charge in [0, 0.05) is 37.1 Å². The summed E-state index contributed by atoms with van der Waals surface area (Å²) in [6.07, 6.45) is 0.903. The Morgan fingerprint density at radius 1 is 1.10 bits per heavy atom. The molecule has 118 valence electrons. The predicted octanol–water partition coefficient (Wildman–Crippen LogP) is 0.891. The molecule has 1 amide bonds. The Bertz CT molecular complexity index is 443. The zero-order valence-electron chi connectivity index (χ0n) is 13.1. The van der Waals surface area contributed by atoms with Crippen LogP contribution in [0, 0.1) is 0 Å². The number of nitrogen functional groups attached to an aromatic ring is 2. The van der Waals surface area contributed by atoms with Crippen molar-refractivity contribution in [3.05, 3.63) is 23.8 Å². The van der Waals surface area contributed by atoms with E-state index in [1.807, 2.05) is 14.1 Å². The van der Waals surface area contributed by atoms with Gasteiger partial charge in [0.2, 0.25) is 0 Å². The number of amides is 1. The lowest BCUT2D eigenvalue weighted by Gasteiger charge is -2.23. The number of rotatable bonds is 8. The van der Waals surface area contributed by atoms with E-state index in [0.29, 0.717) is 36.6 Å². The van der Waals surface area contributed by atoms with Crippen molar-refractivity contribution in [3.63, 3.8) is 0 Å². The highest BCUT2D eigenvalue weighted by atomic mass is 16.5. The standard InChI is InChI=1S/C15H26N4O2/c1-18(2)5-4-6-19(7-8-21-3)15(20)12-9-13(16)11-14(17)10-12/h9-11H,4-8,16-17H2,1-3H3. The number of carbonyl (C=O) groups is 1. The van der Waals surface area contributed by atoms with Crippen LogP contribution in [0.1, 0.15) is 16.8 Å². The molecule has 1 rings (SSSR count). The highest BCUT2D eigenvalue weighted by Crippen LogP contribution is 2.15. The number of nitrogens with two attached hydrogens (primary N) is 2. The van der Waals surface area contributed by atoms with E-state index in [0.717, 1.165) is 13.0 Å². The van der Waals surface area contributed by atoms with Crippen molar-refractivity contribution in [1.29, 1.82) is 0 Å². The van der Waals surface area contributed by atoms with Gasteiger partial charge in [0.15, 0.2) is 0 Å². The second-order valence-corrected chi connectivity index (χ2v) is 5.33. The lowest BCUT2D eigenvalue weighted by molar-refractivity contribution is 0.0689. The van der Waals surface area contributed by atoms with Crippen LogP contribution in [0.3, 0.4) is 0 Å². The monoisotopic (exact) mass is 294 g/mol. The molecule has 0 unspecified atom stereocenters. The topological polar surface area (TPSA) is 84.8 Å². The summed E-state index contributed by atoms with van der Waals surface area (Å²) in [6.45, 7) is 2.66. The van der Waals surface area contributed by atoms with Crippen molar-refractivity contribution in [2.45, 2.75) is 6.42 Å². The quantitative estimate of drug-likeness (QED) is 0.696. The molecule has 21 heavy (non-hydrogen) atoms. The number of methoxy groups -OCH3 is 1. The molecule has 0 aromatic heterocycles. The average Bonchev–Trinajstić information content (AvgIpc) is 2.40. The maximum atomic E-state index is 12.6. The number of nitrogens with zero attached hydrogens (tertiary/aromatic N) is 2. The van der Waals surface area contributed by atoms with Gasteiger partial charge in [-0.3, -0.25) is 4.79 Å². The molecule has 0 heterocycles. The fourth-order valence-electron chi connectivity index (χ4n) is 2.08. The van der Waals surface area contributed by atoms with E-state index in [-0.39, 0.29) is 5.91 Å². The molecule has 0 spiro atoms. The van der Waals surface area contributed by atoms with Gasteiger partial charge >= 0.3 is 0 Å². The summed E-state index contributed by atoms with van der Waals surface area (Å²) in [5.41, 5.74) is 13.0. The van der Waals surface area contributed by atoms with E-state index >= 15 is 0 Å². The van der Waals surface area contributed by atoms with E-state index in [2.05, 4.69) is 4.90 Å². The molecule has 0 saturated carbocycles. The minimum Gasteiger partial charge on any atom is -0.399 e. The number of hydrogen-bond acceptors (Lipinski definition) is 5. The van der Waals surface area contributed by atoms with Crippen LogP contribution in [0.15, 0.2) is 18.2 Å². The summed E-state index contributed by atoms with van der Waals surface area (Å²) >= 11 is 0. The van der Waals surface area contributed by atoms with Crippen LogP contribution < -0.4 is 11.5 Å². The fraction of sp³-hybridized carbons (Fsp3) is 0.533. The Labute approximate surface area is 126 Å². The molecule has 0 bridgehead atoms. The van der Waals surface area contributed by atoms with Gasteiger partial charge in [0.1, 0.15) is 0 Å². The van der Waals surface area contributed by atoms with Crippen LogP contribution in [0.25, 0.3) is 0 Å². The Morgan fingerprint density at radius 3 is 2.24 bits per heavy atom. The Balaban J connectivity index is 2.77. The number of ether oxygens (including phenoxy) is 1. The molecule has 1 aromatic rings. The van der Waals surface area contributed by atoms with Crippen LogP contribution in [0.4, 0.5) is 11.4 Å². The number of carbonyl (C=O) groups excluding carboxylic acids is 1. The highest BCUT2D eigenvalue weighted by molar-refractivity contribution is 5.96. The van der Waals surface area contributed by atoms with E-state index in [9.17, 15) is 4.79 Å². The first-order valence-electron chi connectivity index (χ1n) is 7.03. The Hall–Kier alpha value is -1.79. The van der Waals surface area contributed by atoms with Gasteiger partial charge in [0.25, 0.3) is 5.91 Å². The van der Waals surface area contributed by atoms with E-state index < -0.39 is 0 Å². The molecule has 0 aliphatic carbocycles. The Kier molecular flexibility index (Phi) is 6.98. The van der Waals surface area contributed by atoms with Crippen molar-refractivity contribution >= 4 is 17.3 Å². The zero-order chi connectivity index (χ0) is 15.8. The fourth-order valence-corrected chi connectivity index (χ4v) is 2.08. The number of anilines is 2. The maximum Gasteiger partial charge on any atom is 0.254 e. The van der Waals surface area contributed by atoms with Crippen molar-refractivity contribution in [2.75, 3.05) is 58.9 Å². The van der Waals surface area contributed by atoms with Gasteiger partial charge in [-0.05, 0) is 45.3 Å². The number of hydrogen-bond donors (Lipinski definition) is 2. The predicted molar refractivity (Wildman–Crippen MR) is 86.2 cm³/mol. The van der Waals surface area contributed by atoms with Crippen LogP contribution in [0.2, 0.25) is 0 Å². The first-order valence-corrected chi connectivity index (χ1v) is 7.03. The minimum absolute atomic E-state index is 0.0650. The molecule has 6 heteroatoms. The van der Waals surface area contributed by atoms with Gasteiger partial charge in [-0.2, -0.15) is 0 Å². The molecule has 0 aliphatic rings. The largest absolute Gasteiger partial charge is 0.399 e. The third-order valence-corrected chi connectivity index (χ3v) is 3.11. The molecule has 0 aliphatic heterocycles. The van der Waals surface area contributed by atoms with Gasteiger partial charge in [0.05, 0.1) is 6.61 Å². The Morgan fingerprint density at radius 2 is 1.71 bits per heavy atom. The second kappa shape index (κ2) is 8.49. The van der Waals surface area contributed by atoms with Gasteiger partial charge in [-0.1, -0.05) is 0 Å². The smallest absolute Gasteiger partial charge is 0.254 e. The van der Waals surface area contributed by atoms with E-state index in [1.165, 1.54) is 0 Å². The van der Waals surface area contributed by atoms with Crippen LogP contribution in [0.5, 0.6) is 0 Å². The van der Waals surface area contributed by atoms with E-state index in [4.69, 9.17) is 16.2 Å². The highest BCUT2D eigenvalue weighted by Gasteiger charge is 2.16. The molecule has 0 radical (unpaired) electrons. The molecule has 4 N–H and O–H groups in total. The normalized spacial score (nSPS) is 10.9. The maximum absolute atomic E-state index is 12.6. The summed E-state index contributed by atoms with van der Waals surface area (Å²) in [5, 5.41) is 0.